The molecule has 92 valence electrons. The van der Waals surface area contributed by atoms with Crippen LogP contribution in [0.5, 0.6) is 0 Å². The minimum Gasteiger partial charge on any atom is -0.307 e. The first kappa shape index (κ1) is 11.6. The number of hydrogen-bond acceptors (Lipinski definition) is 3. The van der Waals surface area contributed by atoms with Crippen molar-refractivity contribution >= 4 is 11.6 Å². The highest BCUT2D eigenvalue weighted by Gasteiger charge is 2.19. The van der Waals surface area contributed by atoms with E-state index in [9.17, 15) is 0 Å². The lowest BCUT2D eigenvalue weighted by molar-refractivity contribution is 0.605. The van der Waals surface area contributed by atoms with Gasteiger partial charge < -0.3 is 5.32 Å². The van der Waals surface area contributed by atoms with E-state index in [0.717, 1.165) is 35.1 Å². The fourth-order valence-electron chi connectivity index (χ4n) is 2.26. The van der Waals surface area contributed by atoms with Crippen molar-refractivity contribution in [2.75, 3.05) is 6.54 Å². The van der Waals surface area contributed by atoms with Crippen LogP contribution in [0.1, 0.15) is 24.7 Å². The van der Waals surface area contributed by atoms with Gasteiger partial charge in [0.15, 0.2) is 0 Å². The van der Waals surface area contributed by atoms with Crippen LogP contribution in [0.15, 0.2) is 36.5 Å². The summed E-state index contributed by atoms with van der Waals surface area (Å²) < 4.78 is 0. The van der Waals surface area contributed by atoms with Crippen LogP contribution in [0, 0.1) is 0 Å². The van der Waals surface area contributed by atoms with E-state index in [1.165, 1.54) is 6.42 Å². The summed E-state index contributed by atoms with van der Waals surface area (Å²) in [6.07, 6.45) is 4.12. The standard InChI is InChI=1S/C14H14ClN3/c15-11-4-1-3-10(9-11)12-6-8-17-14(18-12)13-5-2-7-16-13/h1,3-4,6,8-9,13,16H,2,5,7H2. The van der Waals surface area contributed by atoms with Crippen molar-refractivity contribution < 1.29 is 0 Å². The zero-order chi connectivity index (χ0) is 12.4. The molecule has 1 atom stereocenters. The van der Waals surface area contributed by atoms with Gasteiger partial charge >= 0.3 is 0 Å². The monoisotopic (exact) mass is 259 g/mol. The van der Waals surface area contributed by atoms with E-state index in [1.807, 2.05) is 36.5 Å². The quantitative estimate of drug-likeness (QED) is 0.900. The van der Waals surface area contributed by atoms with E-state index in [2.05, 4.69) is 15.3 Å². The Hall–Kier alpha value is -1.45. The van der Waals surface area contributed by atoms with Gasteiger partial charge in [-0.2, -0.15) is 0 Å². The molecule has 18 heavy (non-hydrogen) atoms. The molecular formula is C14H14ClN3. The van der Waals surface area contributed by atoms with E-state index in [-0.39, 0.29) is 0 Å². The molecule has 1 aromatic heterocycles. The molecule has 1 aliphatic heterocycles. The number of hydrogen-bond donors (Lipinski definition) is 1. The second kappa shape index (κ2) is 5.04. The topological polar surface area (TPSA) is 37.8 Å². The highest BCUT2D eigenvalue weighted by Crippen LogP contribution is 2.24. The first-order valence-electron chi connectivity index (χ1n) is 6.15. The van der Waals surface area contributed by atoms with E-state index in [1.54, 1.807) is 0 Å². The number of benzene rings is 1. The molecule has 0 spiro atoms. The van der Waals surface area contributed by atoms with Crippen molar-refractivity contribution in [2.24, 2.45) is 0 Å². The molecule has 1 fully saturated rings. The summed E-state index contributed by atoms with van der Waals surface area (Å²) in [5, 5.41) is 4.14. The lowest BCUT2D eigenvalue weighted by atomic mass is 10.1. The van der Waals surface area contributed by atoms with E-state index in [4.69, 9.17) is 11.6 Å². The number of nitrogens with zero attached hydrogens (tertiary/aromatic N) is 2. The van der Waals surface area contributed by atoms with Gasteiger partial charge in [0.2, 0.25) is 0 Å². The Kier molecular flexibility index (Phi) is 3.26. The molecule has 2 heterocycles. The minimum absolute atomic E-state index is 0.295. The molecule has 0 aliphatic carbocycles. The van der Waals surface area contributed by atoms with Gasteiger partial charge in [-0.1, -0.05) is 23.7 Å². The molecule has 1 aliphatic rings. The number of aromatic nitrogens is 2. The summed E-state index contributed by atoms with van der Waals surface area (Å²) in [5.41, 5.74) is 1.96. The fraction of sp³-hybridized carbons (Fsp3) is 0.286. The highest BCUT2D eigenvalue weighted by atomic mass is 35.5. The maximum absolute atomic E-state index is 6.01. The van der Waals surface area contributed by atoms with Crippen LogP contribution >= 0.6 is 11.6 Å². The van der Waals surface area contributed by atoms with Crippen LogP contribution in [-0.2, 0) is 0 Å². The fourth-order valence-corrected chi connectivity index (χ4v) is 2.45. The maximum atomic E-state index is 6.01. The molecule has 0 amide bonds. The van der Waals surface area contributed by atoms with Crippen LogP contribution in [-0.4, -0.2) is 16.5 Å². The summed E-state index contributed by atoms with van der Waals surface area (Å²) in [6.45, 7) is 1.05. The van der Waals surface area contributed by atoms with E-state index >= 15 is 0 Å². The minimum atomic E-state index is 0.295. The molecule has 4 heteroatoms. The molecule has 0 radical (unpaired) electrons. The average Bonchev–Trinajstić information content (AvgIpc) is 2.93. The molecule has 1 aromatic carbocycles. The molecule has 1 unspecified atom stereocenters. The summed E-state index contributed by atoms with van der Waals surface area (Å²) in [4.78, 5) is 9.00. The Morgan fingerprint density at radius 2 is 2.22 bits per heavy atom. The van der Waals surface area contributed by atoms with E-state index < -0.39 is 0 Å². The number of halogens is 1. The average molecular weight is 260 g/mol. The second-order valence-corrected chi connectivity index (χ2v) is 4.90. The molecule has 1 saturated heterocycles. The molecule has 3 rings (SSSR count). The third kappa shape index (κ3) is 2.37. The normalized spacial score (nSPS) is 19.1. The van der Waals surface area contributed by atoms with Crippen LogP contribution in [0.2, 0.25) is 5.02 Å². The van der Waals surface area contributed by atoms with Gasteiger partial charge in [-0.3, -0.25) is 0 Å². The zero-order valence-electron chi connectivity index (χ0n) is 9.94. The summed E-state index contributed by atoms with van der Waals surface area (Å²) in [5.74, 6) is 0.880. The molecule has 0 saturated carbocycles. The van der Waals surface area contributed by atoms with Gasteiger partial charge in [0.05, 0.1) is 11.7 Å². The van der Waals surface area contributed by atoms with Gasteiger partial charge in [0, 0.05) is 16.8 Å². The first-order chi connectivity index (χ1) is 8.83. The maximum Gasteiger partial charge on any atom is 0.145 e. The van der Waals surface area contributed by atoms with Crippen LogP contribution < -0.4 is 5.32 Å². The predicted octanol–water partition coefficient (Wildman–Crippen LogP) is 3.22. The van der Waals surface area contributed by atoms with Crippen molar-refractivity contribution in [3.05, 3.63) is 47.4 Å². The van der Waals surface area contributed by atoms with Gasteiger partial charge in [-0.05, 0) is 37.6 Å². The molecular weight excluding hydrogens is 246 g/mol. The highest BCUT2D eigenvalue weighted by molar-refractivity contribution is 6.30. The summed E-state index contributed by atoms with van der Waals surface area (Å²) in [6, 6.07) is 9.96. The van der Waals surface area contributed by atoms with Gasteiger partial charge in [0.25, 0.3) is 0 Å². The Balaban J connectivity index is 1.95. The van der Waals surface area contributed by atoms with E-state index in [0.29, 0.717) is 6.04 Å². The van der Waals surface area contributed by atoms with Crippen LogP contribution in [0.4, 0.5) is 0 Å². The molecule has 1 N–H and O–H groups in total. The van der Waals surface area contributed by atoms with Gasteiger partial charge in [-0.25, -0.2) is 9.97 Å². The number of rotatable bonds is 2. The van der Waals surface area contributed by atoms with Crippen molar-refractivity contribution in [3.8, 4) is 11.3 Å². The van der Waals surface area contributed by atoms with Crippen molar-refractivity contribution in [1.82, 2.24) is 15.3 Å². The van der Waals surface area contributed by atoms with Crippen molar-refractivity contribution in [2.45, 2.75) is 18.9 Å². The second-order valence-electron chi connectivity index (χ2n) is 4.46. The zero-order valence-corrected chi connectivity index (χ0v) is 10.7. The van der Waals surface area contributed by atoms with Crippen LogP contribution in [0.3, 0.4) is 0 Å². The lowest BCUT2D eigenvalue weighted by Gasteiger charge is -2.09. The SMILES string of the molecule is Clc1cccc(-c2ccnc(C3CCCN3)n2)c1. The summed E-state index contributed by atoms with van der Waals surface area (Å²) >= 11 is 6.01. The lowest BCUT2D eigenvalue weighted by Crippen LogP contribution is -2.15. The van der Waals surface area contributed by atoms with Gasteiger partial charge in [0.1, 0.15) is 5.82 Å². The Labute approximate surface area is 111 Å². The number of nitrogens with one attached hydrogen (secondary N) is 1. The largest absolute Gasteiger partial charge is 0.307 e. The first-order valence-corrected chi connectivity index (χ1v) is 6.53. The van der Waals surface area contributed by atoms with Gasteiger partial charge in [-0.15, -0.1) is 0 Å². The predicted molar refractivity (Wildman–Crippen MR) is 72.5 cm³/mol. The molecule has 0 bridgehead atoms. The Morgan fingerprint density at radius 1 is 1.28 bits per heavy atom. The third-order valence-corrected chi connectivity index (χ3v) is 3.40. The van der Waals surface area contributed by atoms with Crippen molar-refractivity contribution in [3.63, 3.8) is 0 Å². The Morgan fingerprint density at radius 3 is 3.00 bits per heavy atom. The third-order valence-electron chi connectivity index (χ3n) is 3.17. The molecule has 2 aromatic rings. The van der Waals surface area contributed by atoms with Crippen LogP contribution in [0.25, 0.3) is 11.3 Å². The summed E-state index contributed by atoms with van der Waals surface area (Å²) in [7, 11) is 0. The smallest absolute Gasteiger partial charge is 0.145 e. The van der Waals surface area contributed by atoms with Crippen molar-refractivity contribution in [1.29, 1.82) is 0 Å². The molecule has 3 nitrogen and oxygen atoms in total. The Bertz CT molecular complexity index is 550.